The molecule has 1 aliphatic rings. The van der Waals surface area contributed by atoms with Gasteiger partial charge in [0.25, 0.3) is 0 Å². The van der Waals surface area contributed by atoms with E-state index in [2.05, 4.69) is 10.3 Å². The number of rotatable bonds is 3. The molecule has 0 bridgehead atoms. The first-order chi connectivity index (χ1) is 10.6. The van der Waals surface area contributed by atoms with Gasteiger partial charge in [-0.05, 0) is 48.4 Å². The van der Waals surface area contributed by atoms with E-state index in [-0.39, 0.29) is 11.2 Å². The number of nitrogens with one attached hydrogen (secondary N) is 1. The Morgan fingerprint density at radius 1 is 1.00 bits per heavy atom. The van der Waals surface area contributed by atoms with Crippen LogP contribution in [0.25, 0.3) is 0 Å². The first-order valence-electron chi connectivity index (χ1n) is 6.66. The van der Waals surface area contributed by atoms with Gasteiger partial charge in [0.1, 0.15) is 0 Å². The van der Waals surface area contributed by atoms with Gasteiger partial charge >= 0.3 is 0 Å². The normalized spacial score (nSPS) is 19.5. The van der Waals surface area contributed by atoms with Crippen LogP contribution in [0.2, 0.25) is 10.0 Å². The number of halogens is 2. The molecule has 0 spiro atoms. The number of amidine groups is 1. The fourth-order valence-electron chi connectivity index (χ4n) is 2.06. The second-order valence-electron chi connectivity index (χ2n) is 4.82. The lowest BCUT2D eigenvalue weighted by molar-refractivity contribution is -0.118. The molecule has 0 aliphatic carbocycles. The molecular formula is C16H12Cl2N2OS. The highest BCUT2D eigenvalue weighted by molar-refractivity contribution is 8.15. The quantitative estimate of drug-likeness (QED) is 0.887. The SMILES string of the molecule is O=C1NC(=Nc2ccc(Cl)cc2)S[C@H]1Cc1ccc(Cl)cc1. The Hall–Kier alpha value is -1.49. The first kappa shape index (κ1) is 15.4. The fraction of sp³-hybridized carbons (Fsp3) is 0.125. The van der Waals surface area contributed by atoms with Crippen LogP contribution >= 0.6 is 35.0 Å². The van der Waals surface area contributed by atoms with Gasteiger partial charge in [0.15, 0.2) is 5.17 Å². The van der Waals surface area contributed by atoms with E-state index in [0.29, 0.717) is 21.6 Å². The van der Waals surface area contributed by atoms with Gasteiger partial charge in [-0.15, -0.1) is 0 Å². The van der Waals surface area contributed by atoms with E-state index in [4.69, 9.17) is 23.2 Å². The molecule has 0 aromatic heterocycles. The van der Waals surface area contributed by atoms with Gasteiger partial charge in [-0.2, -0.15) is 0 Å². The Morgan fingerprint density at radius 2 is 1.59 bits per heavy atom. The number of benzene rings is 2. The molecule has 2 aromatic rings. The number of hydrogen-bond donors (Lipinski definition) is 1. The van der Waals surface area contributed by atoms with Crippen LogP contribution in [0.15, 0.2) is 53.5 Å². The summed E-state index contributed by atoms with van der Waals surface area (Å²) < 4.78 is 0. The number of nitrogens with zero attached hydrogens (tertiary/aromatic N) is 1. The average Bonchev–Trinajstić information content (AvgIpc) is 2.84. The molecule has 0 unspecified atom stereocenters. The molecular weight excluding hydrogens is 339 g/mol. The Kier molecular flexibility index (Phi) is 4.71. The summed E-state index contributed by atoms with van der Waals surface area (Å²) in [5.74, 6) is -0.0207. The highest BCUT2D eigenvalue weighted by Crippen LogP contribution is 2.26. The van der Waals surface area contributed by atoms with E-state index in [1.165, 1.54) is 11.8 Å². The molecule has 1 aliphatic heterocycles. The number of hydrogen-bond acceptors (Lipinski definition) is 3. The van der Waals surface area contributed by atoms with Crippen molar-refractivity contribution in [1.82, 2.24) is 5.32 Å². The van der Waals surface area contributed by atoms with Crippen LogP contribution in [0, 0.1) is 0 Å². The summed E-state index contributed by atoms with van der Waals surface area (Å²) in [6.07, 6.45) is 0.646. The van der Waals surface area contributed by atoms with Gasteiger partial charge in [-0.1, -0.05) is 47.1 Å². The second-order valence-corrected chi connectivity index (χ2v) is 6.88. The maximum absolute atomic E-state index is 12.0. The molecule has 6 heteroatoms. The zero-order valence-electron chi connectivity index (χ0n) is 11.4. The predicted molar refractivity (Wildman–Crippen MR) is 93.2 cm³/mol. The van der Waals surface area contributed by atoms with E-state index in [1.807, 2.05) is 36.4 Å². The minimum Gasteiger partial charge on any atom is -0.304 e. The summed E-state index contributed by atoms with van der Waals surface area (Å²) in [5, 5.41) is 4.61. The van der Waals surface area contributed by atoms with Crippen molar-refractivity contribution in [3.63, 3.8) is 0 Å². The van der Waals surface area contributed by atoms with E-state index in [0.717, 1.165) is 11.3 Å². The van der Waals surface area contributed by atoms with E-state index < -0.39 is 0 Å². The van der Waals surface area contributed by atoms with Crippen LogP contribution in [0.1, 0.15) is 5.56 Å². The average molecular weight is 351 g/mol. The van der Waals surface area contributed by atoms with Crippen molar-refractivity contribution in [2.45, 2.75) is 11.7 Å². The van der Waals surface area contributed by atoms with E-state index in [1.54, 1.807) is 12.1 Å². The zero-order chi connectivity index (χ0) is 15.5. The summed E-state index contributed by atoms with van der Waals surface area (Å²) in [6.45, 7) is 0. The molecule has 112 valence electrons. The summed E-state index contributed by atoms with van der Waals surface area (Å²) in [7, 11) is 0. The van der Waals surface area contributed by atoms with Crippen molar-refractivity contribution in [3.05, 3.63) is 64.1 Å². The molecule has 1 heterocycles. The Bertz CT molecular complexity index is 714. The molecule has 22 heavy (non-hydrogen) atoms. The van der Waals surface area contributed by atoms with Crippen LogP contribution in [-0.2, 0) is 11.2 Å². The summed E-state index contributed by atoms with van der Waals surface area (Å²) in [5.41, 5.74) is 1.84. The topological polar surface area (TPSA) is 41.5 Å². The highest BCUT2D eigenvalue weighted by Gasteiger charge is 2.30. The summed E-state index contributed by atoms with van der Waals surface area (Å²) in [4.78, 5) is 16.5. The lowest BCUT2D eigenvalue weighted by atomic mass is 10.1. The van der Waals surface area contributed by atoms with Gasteiger partial charge in [0, 0.05) is 10.0 Å². The minimum atomic E-state index is -0.174. The first-order valence-corrected chi connectivity index (χ1v) is 8.30. The Balaban J connectivity index is 1.70. The number of amides is 1. The highest BCUT2D eigenvalue weighted by atomic mass is 35.5. The van der Waals surface area contributed by atoms with Crippen molar-refractivity contribution >= 4 is 51.7 Å². The predicted octanol–water partition coefficient (Wildman–Crippen LogP) is 4.46. The second kappa shape index (κ2) is 6.73. The van der Waals surface area contributed by atoms with Gasteiger partial charge in [-0.25, -0.2) is 4.99 Å². The van der Waals surface area contributed by atoms with Gasteiger partial charge in [0.05, 0.1) is 10.9 Å². The minimum absolute atomic E-state index is 0.0207. The van der Waals surface area contributed by atoms with Crippen LogP contribution in [-0.4, -0.2) is 16.3 Å². The molecule has 1 atom stereocenters. The number of carbonyl (C=O) groups is 1. The van der Waals surface area contributed by atoms with Crippen molar-refractivity contribution in [2.24, 2.45) is 4.99 Å². The molecule has 1 N–H and O–H groups in total. The molecule has 3 nitrogen and oxygen atoms in total. The number of thioether (sulfide) groups is 1. The van der Waals surface area contributed by atoms with Crippen LogP contribution in [0.3, 0.4) is 0 Å². The zero-order valence-corrected chi connectivity index (χ0v) is 13.8. The molecule has 0 saturated carbocycles. The fourth-order valence-corrected chi connectivity index (χ4v) is 3.34. The maximum Gasteiger partial charge on any atom is 0.239 e. The molecule has 1 saturated heterocycles. The molecule has 3 rings (SSSR count). The molecule has 2 aromatic carbocycles. The third kappa shape index (κ3) is 3.83. The lowest BCUT2D eigenvalue weighted by Gasteiger charge is -2.05. The van der Waals surface area contributed by atoms with Gasteiger partial charge in [-0.3, -0.25) is 4.79 Å². The van der Waals surface area contributed by atoms with Crippen LogP contribution in [0.5, 0.6) is 0 Å². The maximum atomic E-state index is 12.0. The van der Waals surface area contributed by atoms with Gasteiger partial charge < -0.3 is 5.32 Å². The standard InChI is InChI=1S/C16H12Cl2N2OS/c17-11-3-1-10(2-4-11)9-14-15(21)20-16(22-14)19-13-7-5-12(18)6-8-13/h1-8,14H,9H2,(H,19,20,21)/t14-/m0/s1. The molecule has 1 fully saturated rings. The third-order valence-electron chi connectivity index (χ3n) is 3.17. The summed E-state index contributed by atoms with van der Waals surface area (Å²) in [6, 6.07) is 14.7. The Labute approximate surface area is 142 Å². The van der Waals surface area contributed by atoms with Crippen molar-refractivity contribution < 1.29 is 4.79 Å². The number of carbonyl (C=O) groups excluding carboxylic acids is 1. The lowest BCUT2D eigenvalue weighted by Crippen LogP contribution is -2.25. The van der Waals surface area contributed by atoms with E-state index >= 15 is 0 Å². The largest absolute Gasteiger partial charge is 0.304 e. The van der Waals surface area contributed by atoms with Crippen molar-refractivity contribution in [1.29, 1.82) is 0 Å². The third-order valence-corrected chi connectivity index (χ3v) is 4.75. The molecule has 0 radical (unpaired) electrons. The Morgan fingerprint density at radius 3 is 2.23 bits per heavy atom. The number of aliphatic imine (C=N–C) groups is 1. The van der Waals surface area contributed by atoms with Crippen LogP contribution in [0.4, 0.5) is 5.69 Å². The van der Waals surface area contributed by atoms with Crippen molar-refractivity contribution in [2.75, 3.05) is 0 Å². The van der Waals surface area contributed by atoms with Crippen molar-refractivity contribution in [3.8, 4) is 0 Å². The molecule has 1 amide bonds. The van der Waals surface area contributed by atoms with E-state index in [9.17, 15) is 4.79 Å². The van der Waals surface area contributed by atoms with Crippen LogP contribution < -0.4 is 5.32 Å². The van der Waals surface area contributed by atoms with Gasteiger partial charge in [0.2, 0.25) is 5.91 Å². The smallest absolute Gasteiger partial charge is 0.239 e. The summed E-state index contributed by atoms with van der Waals surface area (Å²) >= 11 is 13.2. The monoisotopic (exact) mass is 350 g/mol.